The van der Waals surface area contributed by atoms with Gasteiger partial charge in [-0.3, -0.25) is 4.79 Å². The third kappa shape index (κ3) is 2.06. The van der Waals surface area contributed by atoms with Gasteiger partial charge in [0.05, 0.1) is 22.8 Å². The molecule has 0 bridgehead atoms. The summed E-state index contributed by atoms with van der Waals surface area (Å²) >= 11 is 1.20. The second kappa shape index (κ2) is 4.74. The molecule has 7 heteroatoms. The summed E-state index contributed by atoms with van der Waals surface area (Å²) in [5.74, 6) is 0.0562. The van der Waals surface area contributed by atoms with Gasteiger partial charge in [-0.05, 0) is 12.8 Å². The van der Waals surface area contributed by atoms with E-state index in [0.717, 1.165) is 12.8 Å². The smallest absolute Gasteiger partial charge is 0.178 e. The predicted octanol–water partition coefficient (Wildman–Crippen LogP) is 0.336. The fourth-order valence-electron chi connectivity index (χ4n) is 2.41. The Balaban J connectivity index is 1.97. The number of carbonyl (C=O) groups excluding carboxylic acids is 1. The number of anilines is 2. The highest BCUT2D eigenvalue weighted by Crippen LogP contribution is 2.43. The molecule has 3 rings (SSSR count). The van der Waals surface area contributed by atoms with Crippen LogP contribution in [0.15, 0.2) is 0 Å². The number of rotatable bonds is 3. The zero-order valence-electron chi connectivity index (χ0n) is 10.7. The minimum absolute atomic E-state index is 0.00976. The van der Waals surface area contributed by atoms with Crippen molar-refractivity contribution in [3.8, 4) is 6.07 Å². The van der Waals surface area contributed by atoms with E-state index < -0.39 is 12.2 Å². The Morgan fingerprint density at radius 3 is 2.45 bits per heavy atom. The first-order valence-corrected chi connectivity index (χ1v) is 7.32. The molecule has 0 spiro atoms. The first-order valence-electron chi connectivity index (χ1n) is 6.50. The van der Waals surface area contributed by atoms with Crippen LogP contribution in [0.4, 0.5) is 10.7 Å². The molecule has 1 aliphatic carbocycles. The van der Waals surface area contributed by atoms with Gasteiger partial charge in [-0.15, -0.1) is 11.3 Å². The van der Waals surface area contributed by atoms with Crippen molar-refractivity contribution < 1.29 is 15.0 Å². The molecule has 6 nitrogen and oxygen atoms in total. The van der Waals surface area contributed by atoms with E-state index in [-0.39, 0.29) is 36.0 Å². The molecule has 2 aliphatic rings. The number of Topliss-reactive ketones (excluding diaryl/α,β-unsaturated/α-hetero) is 1. The maximum absolute atomic E-state index is 12.2. The Bertz CT molecular complexity index is 593. The number of nitrogens with zero attached hydrogens (tertiary/aromatic N) is 2. The molecular formula is C13H15N3O3S. The molecule has 20 heavy (non-hydrogen) atoms. The first-order chi connectivity index (χ1) is 9.52. The third-order valence-electron chi connectivity index (χ3n) is 3.76. The van der Waals surface area contributed by atoms with Crippen LogP contribution >= 0.6 is 11.3 Å². The quantitative estimate of drug-likeness (QED) is 0.693. The first kappa shape index (κ1) is 13.4. The summed E-state index contributed by atoms with van der Waals surface area (Å²) in [4.78, 5) is 14.3. The highest BCUT2D eigenvalue weighted by Gasteiger charge is 2.37. The Morgan fingerprint density at radius 1 is 1.35 bits per heavy atom. The lowest BCUT2D eigenvalue weighted by atomic mass is 10.1. The number of hydrogen-bond donors (Lipinski definition) is 3. The summed E-state index contributed by atoms with van der Waals surface area (Å²) in [7, 11) is 0. The molecule has 0 aromatic carbocycles. The molecule has 0 amide bonds. The van der Waals surface area contributed by atoms with Gasteiger partial charge in [0, 0.05) is 19.0 Å². The van der Waals surface area contributed by atoms with Gasteiger partial charge in [0.25, 0.3) is 0 Å². The summed E-state index contributed by atoms with van der Waals surface area (Å²) in [5.41, 5.74) is 6.45. The normalized spacial score (nSPS) is 25.8. The molecule has 1 aromatic rings. The average molecular weight is 293 g/mol. The number of carbonyl (C=O) groups is 1. The maximum Gasteiger partial charge on any atom is 0.178 e. The standard InChI is InChI=1S/C13H15N3O3S/c14-3-7-10(15)12(11(19)6-1-2-6)20-13(7)16-4-8(17)9(18)5-16/h6,8-9,17-18H,1-2,4-5,15H2. The van der Waals surface area contributed by atoms with Crippen LogP contribution < -0.4 is 10.6 Å². The zero-order chi connectivity index (χ0) is 14.4. The van der Waals surface area contributed by atoms with Crippen molar-refractivity contribution in [1.29, 1.82) is 5.26 Å². The highest BCUT2D eigenvalue weighted by atomic mass is 32.1. The van der Waals surface area contributed by atoms with Crippen molar-refractivity contribution in [2.24, 2.45) is 5.92 Å². The maximum atomic E-state index is 12.2. The molecular weight excluding hydrogens is 278 g/mol. The minimum atomic E-state index is -0.840. The topological polar surface area (TPSA) is 111 Å². The fourth-order valence-corrected chi connectivity index (χ4v) is 3.62. The van der Waals surface area contributed by atoms with Crippen LogP contribution in [-0.4, -0.2) is 41.3 Å². The summed E-state index contributed by atoms with van der Waals surface area (Å²) in [6.45, 7) is 0.486. The highest BCUT2D eigenvalue weighted by molar-refractivity contribution is 7.19. The number of β-amino-alcohol motifs (C(OH)–C–C–N with tert-alkyl or cyclic N) is 2. The van der Waals surface area contributed by atoms with E-state index in [1.165, 1.54) is 11.3 Å². The molecule has 2 unspecified atom stereocenters. The Hall–Kier alpha value is -1.62. The van der Waals surface area contributed by atoms with Crippen molar-refractivity contribution in [2.45, 2.75) is 25.0 Å². The number of aliphatic hydroxyl groups excluding tert-OH is 2. The SMILES string of the molecule is N#Cc1c(N2CC(O)C(O)C2)sc(C(=O)C2CC2)c1N. The van der Waals surface area contributed by atoms with E-state index >= 15 is 0 Å². The molecule has 4 N–H and O–H groups in total. The molecule has 2 fully saturated rings. The zero-order valence-corrected chi connectivity index (χ0v) is 11.6. The molecule has 2 heterocycles. The van der Waals surface area contributed by atoms with E-state index in [2.05, 4.69) is 0 Å². The van der Waals surface area contributed by atoms with E-state index in [1.807, 2.05) is 6.07 Å². The number of hydrogen-bond acceptors (Lipinski definition) is 7. The molecule has 1 saturated heterocycles. The van der Waals surface area contributed by atoms with Gasteiger partial charge < -0.3 is 20.8 Å². The lowest BCUT2D eigenvalue weighted by molar-refractivity contribution is 0.0572. The number of aliphatic hydroxyl groups is 2. The van der Waals surface area contributed by atoms with Gasteiger partial charge in [0.1, 0.15) is 16.6 Å². The van der Waals surface area contributed by atoms with Gasteiger partial charge >= 0.3 is 0 Å². The summed E-state index contributed by atoms with van der Waals surface area (Å²) in [6.07, 6.45) is 0.0863. The second-order valence-corrected chi connectivity index (χ2v) is 6.31. The van der Waals surface area contributed by atoms with Crippen molar-refractivity contribution in [1.82, 2.24) is 0 Å². The van der Waals surface area contributed by atoms with Crippen molar-refractivity contribution in [3.05, 3.63) is 10.4 Å². The van der Waals surface area contributed by atoms with E-state index in [9.17, 15) is 20.3 Å². The molecule has 1 aromatic heterocycles. The van der Waals surface area contributed by atoms with Gasteiger partial charge in [-0.25, -0.2) is 0 Å². The van der Waals surface area contributed by atoms with Crippen molar-refractivity contribution in [3.63, 3.8) is 0 Å². The molecule has 1 saturated carbocycles. The Labute approximate surface area is 120 Å². The Morgan fingerprint density at radius 2 is 1.95 bits per heavy atom. The molecule has 0 radical (unpaired) electrons. The fraction of sp³-hybridized carbons (Fsp3) is 0.538. The summed E-state index contributed by atoms with van der Waals surface area (Å²) in [5, 5.41) is 29.0. The van der Waals surface area contributed by atoms with Crippen molar-refractivity contribution >= 4 is 27.8 Å². The second-order valence-electron chi connectivity index (χ2n) is 5.32. The van der Waals surface area contributed by atoms with Crippen LogP contribution in [0.25, 0.3) is 0 Å². The van der Waals surface area contributed by atoms with Crippen LogP contribution in [0.2, 0.25) is 0 Å². The number of thiophene rings is 1. The van der Waals surface area contributed by atoms with E-state index in [0.29, 0.717) is 9.88 Å². The molecule has 1 aliphatic heterocycles. The summed E-state index contributed by atoms with van der Waals surface area (Å²) < 4.78 is 0. The average Bonchev–Trinajstić information content (AvgIpc) is 3.14. The number of ketones is 1. The predicted molar refractivity (Wildman–Crippen MR) is 74.7 cm³/mol. The van der Waals surface area contributed by atoms with Gasteiger partial charge in [0.2, 0.25) is 0 Å². The number of nitriles is 1. The largest absolute Gasteiger partial charge is 0.396 e. The lowest BCUT2D eigenvalue weighted by Gasteiger charge is -2.15. The van der Waals surface area contributed by atoms with Crippen LogP contribution in [0.5, 0.6) is 0 Å². The van der Waals surface area contributed by atoms with Crippen LogP contribution in [0, 0.1) is 17.2 Å². The van der Waals surface area contributed by atoms with E-state index in [1.54, 1.807) is 4.90 Å². The summed E-state index contributed by atoms with van der Waals surface area (Å²) in [6, 6.07) is 2.03. The van der Waals surface area contributed by atoms with Crippen molar-refractivity contribution in [2.75, 3.05) is 23.7 Å². The van der Waals surface area contributed by atoms with Gasteiger partial charge in [0.15, 0.2) is 5.78 Å². The Kier molecular flexibility index (Phi) is 3.17. The molecule has 106 valence electrons. The lowest BCUT2D eigenvalue weighted by Crippen LogP contribution is -2.22. The van der Waals surface area contributed by atoms with Crippen LogP contribution in [0.3, 0.4) is 0 Å². The minimum Gasteiger partial charge on any atom is -0.396 e. The number of nitrogens with two attached hydrogens (primary N) is 1. The van der Waals surface area contributed by atoms with Crippen LogP contribution in [-0.2, 0) is 0 Å². The van der Waals surface area contributed by atoms with Gasteiger partial charge in [-0.2, -0.15) is 5.26 Å². The third-order valence-corrected chi connectivity index (χ3v) is 5.04. The monoisotopic (exact) mass is 293 g/mol. The van der Waals surface area contributed by atoms with Crippen LogP contribution in [0.1, 0.15) is 28.1 Å². The van der Waals surface area contributed by atoms with Gasteiger partial charge in [-0.1, -0.05) is 0 Å². The van der Waals surface area contributed by atoms with E-state index in [4.69, 9.17) is 5.73 Å². The molecule has 2 atom stereocenters. The number of nitrogen functional groups attached to an aromatic ring is 1.